The average Bonchev–Trinajstić information content (AvgIpc) is 2.53. The minimum Gasteiger partial charge on any atom is -0.484 e. The van der Waals surface area contributed by atoms with Gasteiger partial charge in [0.2, 0.25) is 0 Å². The molecule has 0 spiro atoms. The molecular formula is C21H29NO2. The van der Waals surface area contributed by atoms with E-state index in [9.17, 15) is 4.79 Å². The largest absolute Gasteiger partial charge is 0.484 e. The molecule has 1 amide bonds. The minimum absolute atomic E-state index is 0.000281. The zero-order valence-corrected chi connectivity index (χ0v) is 14.7. The quantitative estimate of drug-likeness (QED) is 0.854. The van der Waals surface area contributed by atoms with Gasteiger partial charge in [0.25, 0.3) is 5.91 Å². The number of aryl methyl sites for hydroxylation is 1. The summed E-state index contributed by atoms with van der Waals surface area (Å²) >= 11 is 0. The van der Waals surface area contributed by atoms with Gasteiger partial charge in [0.1, 0.15) is 5.75 Å². The highest BCUT2D eigenvalue weighted by Gasteiger charge is 2.50. The molecule has 4 saturated carbocycles. The van der Waals surface area contributed by atoms with Gasteiger partial charge in [-0.3, -0.25) is 4.79 Å². The maximum atomic E-state index is 12.0. The molecule has 0 aliphatic heterocycles. The monoisotopic (exact) mass is 327 g/mol. The van der Waals surface area contributed by atoms with Gasteiger partial charge in [-0.2, -0.15) is 0 Å². The molecule has 24 heavy (non-hydrogen) atoms. The number of rotatable bonds is 6. The Morgan fingerprint density at radius 3 is 2.25 bits per heavy atom. The first-order valence-corrected chi connectivity index (χ1v) is 9.56. The number of hydrogen-bond acceptors (Lipinski definition) is 2. The number of ether oxygens (including phenoxy) is 1. The summed E-state index contributed by atoms with van der Waals surface area (Å²) in [5.41, 5.74) is 1.74. The van der Waals surface area contributed by atoms with Crippen molar-refractivity contribution < 1.29 is 9.53 Å². The molecule has 4 fully saturated rings. The molecule has 4 aliphatic rings. The molecule has 0 saturated heterocycles. The lowest BCUT2D eigenvalue weighted by atomic mass is 9.49. The van der Waals surface area contributed by atoms with Crippen LogP contribution in [0.2, 0.25) is 0 Å². The van der Waals surface area contributed by atoms with Crippen LogP contribution >= 0.6 is 0 Å². The highest BCUT2D eigenvalue weighted by atomic mass is 16.5. The van der Waals surface area contributed by atoms with Gasteiger partial charge in [0.15, 0.2) is 6.61 Å². The fraction of sp³-hybridized carbons (Fsp3) is 0.667. The number of nitrogens with one attached hydrogen (secondary N) is 1. The van der Waals surface area contributed by atoms with Crippen LogP contribution < -0.4 is 10.1 Å². The van der Waals surface area contributed by atoms with Crippen molar-refractivity contribution in [2.75, 3.05) is 13.2 Å². The highest BCUT2D eigenvalue weighted by molar-refractivity contribution is 5.77. The molecule has 1 N–H and O–H groups in total. The van der Waals surface area contributed by atoms with Crippen LogP contribution in [0.3, 0.4) is 0 Å². The van der Waals surface area contributed by atoms with Crippen LogP contribution in [0.4, 0.5) is 0 Å². The predicted molar refractivity (Wildman–Crippen MR) is 94.9 cm³/mol. The third-order valence-electron chi connectivity index (χ3n) is 6.53. The summed E-state index contributed by atoms with van der Waals surface area (Å²) in [4.78, 5) is 12.0. The fourth-order valence-electron chi connectivity index (χ4n) is 5.90. The molecule has 0 heterocycles. The Morgan fingerprint density at radius 1 is 1.08 bits per heavy atom. The molecule has 4 aliphatic carbocycles. The zero-order chi connectivity index (χ0) is 16.6. The first-order valence-electron chi connectivity index (χ1n) is 9.56. The standard InChI is InChI=1S/C21H29NO2/c1-15-2-4-19(5-3-15)24-14-20(23)22-7-6-21-11-16-8-17(12-21)10-18(9-16)13-21/h2-5,16-18H,6-14H2,1H3,(H,22,23). The summed E-state index contributed by atoms with van der Waals surface area (Å²) in [6.45, 7) is 2.97. The van der Waals surface area contributed by atoms with Gasteiger partial charge in [-0.1, -0.05) is 17.7 Å². The van der Waals surface area contributed by atoms with E-state index in [0.717, 1.165) is 36.5 Å². The summed E-state index contributed by atoms with van der Waals surface area (Å²) in [6.07, 6.45) is 9.84. The van der Waals surface area contributed by atoms with Crippen LogP contribution in [-0.4, -0.2) is 19.1 Å². The lowest BCUT2D eigenvalue weighted by Crippen LogP contribution is -2.47. The van der Waals surface area contributed by atoms with Gasteiger partial charge in [-0.15, -0.1) is 0 Å². The number of hydrogen-bond donors (Lipinski definition) is 1. The minimum atomic E-state index is 0.000281. The SMILES string of the molecule is Cc1ccc(OCC(=O)NCCC23CC4CC(CC(C4)C2)C3)cc1. The molecule has 4 bridgehead atoms. The predicted octanol–water partition coefficient (Wildman–Crippen LogP) is 4.10. The van der Waals surface area contributed by atoms with Crippen LogP contribution in [0.5, 0.6) is 5.75 Å². The van der Waals surface area contributed by atoms with Crippen LogP contribution in [0.1, 0.15) is 50.5 Å². The van der Waals surface area contributed by atoms with Gasteiger partial charge in [-0.05, 0) is 87.2 Å². The van der Waals surface area contributed by atoms with E-state index in [1.807, 2.05) is 31.2 Å². The van der Waals surface area contributed by atoms with Crippen molar-refractivity contribution in [2.45, 2.75) is 51.9 Å². The van der Waals surface area contributed by atoms with Crippen molar-refractivity contribution in [1.82, 2.24) is 5.32 Å². The molecule has 1 aromatic carbocycles. The molecule has 0 radical (unpaired) electrons. The Balaban J connectivity index is 1.21. The second kappa shape index (κ2) is 6.42. The number of carbonyl (C=O) groups is 1. The van der Waals surface area contributed by atoms with Crippen LogP contribution in [0.15, 0.2) is 24.3 Å². The molecule has 1 aromatic rings. The van der Waals surface area contributed by atoms with Gasteiger partial charge in [0.05, 0.1) is 0 Å². The van der Waals surface area contributed by atoms with Gasteiger partial charge in [0, 0.05) is 6.54 Å². The molecule has 3 heteroatoms. The zero-order valence-electron chi connectivity index (χ0n) is 14.7. The third kappa shape index (κ3) is 3.45. The summed E-state index contributed by atoms with van der Waals surface area (Å²) in [6, 6.07) is 7.83. The molecule has 3 nitrogen and oxygen atoms in total. The van der Waals surface area contributed by atoms with Crippen LogP contribution in [-0.2, 0) is 4.79 Å². The average molecular weight is 327 g/mol. The first-order chi connectivity index (χ1) is 11.6. The van der Waals surface area contributed by atoms with E-state index >= 15 is 0 Å². The van der Waals surface area contributed by atoms with E-state index in [4.69, 9.17) is 4.74 Å². The topological polar surface area (TPSA) is 38.3 Å². The van der Waals surface area contributed by atoms with Crippen molar-refractivity contribution in [2.24, 2.45) is 23.2 Å². The van der Waals surface area contributed by atoms with Gasteiger partial charge in [-0.25, -0.2) is 0 Å². The van der Waals surface area contributed by atoms with E-state index in [-0.39, 0.29) is 12.5 Å². The Kier molecular flexibility index (Phi) is 4.28. The van der Waals surface area contributed by atoms with Crippen molar-refractivity contribution in [1.29, 1.82) is 0 Å². The molecule has 130 valence electrons. The van der Waals surface area contributed by atoms with Crippen LogP contribution in [0, 0.1) is 30.1 Å². The lowest BCUT2D eigenvalue weighted by Gasteiger charge is -2.57. The van der Waals surface area contributed by atoms with Gasteiger partial charge >= 0.3 is 0 Å². The fourth-order valence-corrected chi connectivity index (χ4v) is 5.90. The number of carbonyl (C=O) groups excluding carboxylic acids is 1. The van der Waals surface area contributed by atoms with Crippen molar-refractivity contribution in [3.05, 3.63) is 29.8 Å². The van der Waals surface area contributed by atoms with Crippen LogP contribution in [0.25, 0.3) is 0 Å². The smallest absolute Gasteiger partial charge is 0.257 e. The summed E-state index contributed by atoms with van der Waals surface area (Å²) in [5, 5.41) is 3.08. The number of amides is 1. The normalized spacial score (nSPS) is 33.5. The van der Waals surface area contributed by atoms with E-state index in [1.54, 1.807) is 0 Å². The van der Waals surface area contributed by atoms with E-state index in [1.165, 1.54) is 44.1 Å². The second-order valence-corrected chi connectivity index (χ2v) is 8.62. The van der Waals surface area contributed by atoms with E-state index in [0.29, 0.717) is 5.41 Å². The van der Waals surface area contributed by atoms with Crippen molar-refractivity contribution >= 4 is 5.91 Å². The van der Waals surface area contributed by atoms with E-state index < -0.39 is 0 Å². The molecule has 5 rings (SSSR count). The summed E-state index contributed by atoms with van der Waals surface area (Å²) < 4.78 is 5.56. The molecule has 0 atom stereocenters. The second-order valence-electron chi connectivity index (χ2n) is 8.62. The Hall–Kier alpha value is -1.51. The summed E-state index contributed by atoms with van der Waals surface area (Å²) in [7, 11) is 0. The molecule has 0 unspecified atom stereocenters. The van der Waals surface area contributed by atoms with E-state index in [2.05, 4.69) is 5.32 Å². The summed E-state index contributed by atoms with van der Waals surface area (Å²) in [5.74, 6) is 3.71. The number of benzene rings is 1. The Bertz CT molecular complexity index is 557. The van der Waals surface area contributed by atoms with Crippen molar-refractivity contribution in [3.8, 4) is 5.75 Å². The lowest BCUT2D eigenvalue weighted by molar-refractivity contribution is -0.123. The maximum Gasteiger partial charge on any atom is 0.257 e. The van der Waals surface area contributed by atoms with Crippen molar-refractivity contribution in [3.63, 3.8) is 0 Å². The Morgan fingerprint density at radius 2 is 1.67 bits per heavy atom. The maximum absolute atomic E-state index is 12.0. The molecular weight excluding hydrogens is 298 g/mol. The molecule has 0 aromatic heterocycles. The Labute approximate surface area is 145 Å². The first kappa shape index (κ1) is 16.0. The third-order valence-corrected chi connectivity index (χ3v) is 6.53. The van der Waals surface area contributed by atoms with Gasteiger partial charge < -0.3 is 10.1 Å². The highest BCUT2D eigenvalue weighted by Crippen LogP contribution is 2.61.